The van der Waals surface area contributed by atoms with Crippen molar-refractivity contribution < 1.29 is 17.7 Å². The van der Waals surface area contributed by atoms with Crippen molar-refractivity contribution in [2.45, 2.75) is 39.0 Å². The molecule has 25 heavy (non-hydrogen) atoms. The predicted molar refractivity (Wildman–Crippen MR) is 85.8 cm³/mol. The highest BCUT2D eigenvalue weighted by atomic mass is 19.4. The summed E-state index contributed by atoms with van der Waals surface area (Å²) in [5, 5.41) is 13.2. The van der Waals surface area contributed by atoms with Crippen molar-refractivity contribution in [3.63, 3.8) is 0 Å². The van der Waals surface area contributed by atoms with Crippen LogP contribution >= 0.6 is 0 Å². The van der Waals surface area contributed by atoms with Gasteiger partial charge in [-0.05, 0) is 5.92 Å². The Bertz CT molecular complexity index is 732. The standard InChI is InChI=1S/C15H21F3N6O/c1-9(2)12-5-11(25-23-12)7-21-14(19-3)20-6-10-8-24(4)22-13(10)15(16,17)18/h5,8-9H,6-7H2,1-4H3,(H2,19,20,21). The summed E-state index contributed by atoms with van der Waals surface area (Å²) in [7, 11) is 2.98. The highest BCUT2D eigenvalue weighted by molar-refractivity contribution is 5.79. The van der Waals surface area contributed by atoms with Gasteiger partial charge in [-0.15, -0.1) is 0 Å². The Morgan fingerprint density at radius 3 is 2.56 bits per heavy atom. The first kappa shape index (κ1) is 18.8. The van der Waals surface area contributed by atoms with E-state index in [1.54, 1.807) is 0 Å². The first-order chi connectivity index (χ1) is 11.7. The lowest BCUT2D eigenvalue weighted by atomic mass is 10.1. The zero-order valence-electron chi connectivity index (χ0n) is 14.5. The normalized spacial score (nSPS) is 12.7. The number of aliphatic imine (C=N–C) groups is 1. The van der Waals surface area contributed by atoms with E-state index in [0.29, 0.717) is 18.3 Å². The largest absolute Gasteiger partial charge is 0.435 e. The second-order valence-corrected chi connectivity index (χ2v) is 5.83. The average molecular weight is 358 g/mol. The van der Waals surface area contributed by atoms with Crippen molar-refractivity contribution >= 4 is 5.96 Å². The highest BCUT2D eigenvalue weighted by Crippen LogP contribution is 2.30. The monoisotopic (exact) mass is 358 g/mol. The number of guanidine groups is 1. The molecule has 10 heteroatoms. The Morgan fingerprint density at radius 1 is 1.32 bits per heavy atom. The fraction of sp³-hybridized carbons (Fsp3) is 0.533. The summed E-state index contributed by atoms with van der Waals surface area (Å²) in [6.45, 7) is 4.26. The minimum absolute atomic E-state index is 0.0414. The Labute approximate surface area is 143 Å². The van der Waals surface area contributed by atoms with Crippen LogP contribution < -0.4 is 10.6 Å². The molecule has 0 bridgehead atoms. The molecule has 2 aromatic heterocycles. The van der Waals surface area contributed by atoms with Crippen molar-refractivity contribution in [2.24, 2.45) is 12.0 Å². The van der Waals surface area contributed by atoms with Crippen molar-refractivity contribution in [3.05, 3.63) is 35.0 Å². The second kappa shape index (κ2) is 7.58. The summed E-state index contributed by atoms with van der Waals surface area (Å²) in [6.07, 6.45) is -3.17. The predicted octanol–water partition coefficient (Wildman–Crippen LogP) is 2.42. The summed E-state index contributed by atoms with van der Waals surface area (Å²) in [5.74, 6) is 1.21. The molecule has 0 amide bonds. The first-order valence-corrected chi connectivity index (χ1v) is 7.70. The molecule has 0 radical (unpaired) electrons. The van der Waals surface area contributed by atoms with Crippen LogP contribution in [-0.2, 0) is 26.3 Å². The Kier molecular flexibility index (Phi) is 5.70. The molecule has 0 saturated heterocycles. The maximum absolute atomic E-state index is 12.9. The smallest absolute Gasteiger partial charge is 0.359 e. The van der Waals surface area contributed by atoms with Crippen molar-refractivity contribution in [2.75, 3.05) is 7.05 Å². The van der Waals surface area contributed by atoms with Gasteiger partial charge in [-0.25, -0.2) is 0 Å². The fourth-order valence-electron chi connectivity index (χ4n) is 2.16. The number of nitrogens with one attached hydrogen (secondary N) is 2. The third-order valence-corrected chi connectivity index (χ3v) is 3.44. The molecular weight excluding hydrogens is 337 g/mol. The number of rotatable bonds is 5. The zero-order valence-corrected chi connectivity index (χ0v) is 14.5. The van der Waals surface area contributed by atoms with E-state index in [4.69, 9.17) is 4.52 Å². The van der Waals surface area contributed by atoms with Gasteiger partial charge in [0.2, 0.25) is 0 Å². The van der Waals surface area contributed by atoms with E-state index >= 15 is 0 Å². The summed E-state index contributed by atoms with van der Waals surface area (Å²) in [6, 6.07) is 1.83. The first-order valence-electron chi connectivity index (χ1n) is 7.70. The van der Waals surface area contributed by atoms with E-state index in [0.717, 1.165) is 10.4 Å². The Hall–Kier alpha value is -2.52. The quantitative estimate of drug-likeness (QED) is 0.634. The molecule has 0 atom stereocenters. The molecule has 138 valence electrons. The van der Waals surface area contributed by atoms with Crippen LogP contribution in [0.4, 0.5) is 13.2 Å². The molecule has 2 heterocycles. The number of hydrogen-bond acceptors (Lipinski definition) is 4. The van der Waals surface area contributed by atoms with Crippen molar-refractivity contribution in [3.8, 4) is 0 Å². The SMILES string of the molecule is CN=C(NCc1cc(C(C)C)no1)NCc1cn(C)nc1C(F)(F)F. The van der Waals surface area contributed by atoms with Gasteiger partial charge in [-0.2, -0.15) is 18.3 Å². The molecular formula is C15H21F3N6O. The van der Waals surface area contributed by atoms with E-state index in [-0.39, 0.29) is 18.0 Å². The molecule has 0 aromatic carbocycles. The van der Waals surface area contributed by atoms with Crippen LogP contribution in [0.5, 0.6) is 0 Å². The number of alkyl halides is 3. The minimum Gasteiger partial charge on any atom is -0.359 e. The number of aromatic nitrogens is 3. The molecule has 0 spiro atoms. The summed E-state index contributed by atoms with van der Waals surface area (Å²) >= 11 is 0. The van der Waals surface area contributed by atoms with Crippen molar-refractivity contribution in [1.82, 2.24) is 25.6 Å². The molecule has 2 N–H and O–H groups in total. The van der Waals surface area contributed by atoms with Gasteiger partial charge in [0.15, 0.2) is 17.4 Å². The highest BCUT2D eigenvalue weighted by Gasteiger charge is 2.36. The van der Waals surface area contributed by atoms with Crippen molar-refractivity contribution in [1.29, 1.82) is 0 Å². The van der Waals surface area contributed by atoms with Gasteiger partial charge in [0.1, 0.15) is 0 Å². The second-order valence-electron chi connectivity index (χ2n) is 5.83. The van der Waals surface area contributed by atoms with E-state index in [2.05, 4.69) is 25.9 Å². The van der Waals surface area contributed by atoms with Crippen LogP contribution in [0.25, 0.3) is 0 Å². The summed E-state index contributed by atoms with van der Waals surface area (Å²) < 4.78 is 45.1. The van der Waals surface area contributed by atoms with Crippen LogP contribution in [-0.4, -0.2) is 27.9 Å². The maximum atomic E-state index is 12.9. The van der Waals surface area contributed by atoms with Crippen LogP contribution in [0.2, 0.25) is 0 Å². The number of nitrogens with zero attached hydrogens (tertiary/aromatic N) is 4. The lowest BCUT2D eigenvalue weighted by Crippen LogP contribution is -2.36. The average Bonchev–Trinajstić information content (AvgIpc) is 3.13. The minimum atomic E-state index is -4.50. The number of aryl methyl sites for hydroxylation is 1. The van der Waals surface area contributed by atoms with E-state index < -0.39 is 11.9 Å². The molecule has 0 aliphatic heterocycles. The lowest BCUT2D eigenvalue weighted by Gasteiger charge is -2.11. The molecule has 0 saturated carbocycles. The molecule has 0 unspecified atom stereocenters. The topological polar surface area (TPSA) is 80.3 Å². The van der Waals surface area contributed by atoms with E-state index in [9.17, 15) is 13.2 Å². The fourth-order valence-corrected chi connectivity index (χ4v) is 2.16. The Balaban J connectivity index is 1.95. The molecule has 0 aliphatic rings. The van der Waals surface area contributed by atoms with Crippen LogP contribution in [0.15, 0.2) is 21.8 Å². The third-order valence-electron chi connectivity index (χ3n) is 3.44. The molecule has 0 aliphatic carbocycles. The lowest BCUT2D eigenvalue weighted by molar-refractivity contribution is -0.142. The zero-order chi connectivity index (χ0) is 18.6. The van der Waals surface area contributed by atoms with Gasteiger partial charge >= 0.3 is 6.18 Å². The van der Waals surface area contributed by atoms with Crippen LogP contribution in [0.3, 0.4) is 0 Å². The van der Waals surface area contributed by atoms with Gasteiger partial charge in [0, 0.05) is 38.5 Å². The van der Waals surface area contributed by atoms with Gasteiger partial charge < -0.3 is 15.2 Å². The van der Waals surface area contributed by atoms with Gasteiger partial charge in [0.25, 0.3) is 0 Å². The third kappa shape index (κ3) is 4.97. The number of hydrogen-bond donors (Lipinski definition) is 2. The Morgan fingerprint density at radius 2 is 2.00 bits per heavy atom. The molecule has 7 nitrogen and oxygen atoms in total. The summed E-state index contributed by atoms with van der Waals surface area (Å²) in [4.78, 5) is 3.98. The van der Waals surface area contributed by atoms with Crippen LogP contribution in [0, 0.1) is 0 Å². The van der Waals surface area contributed by atoms with Gasteiger partial charge in [-0.1, -0.05) is 19.0 Å². The van der Waals surface area contributed by atoms with Gasteiger partial charge in [-0.3, -0.25) is 9.67 Å². The van der Waals surface area contributed by atoms with E-state index in [1.165, 1.54) is 20.3 Å². The van der Waals surface area contributed by atoms with Crippen LogP contribution in [0.1, 0.15) is 42.5 Å². The van der Waals surface area contributed by atoms with E-state index in [1.807, 2.05) is 19.9 Å². The van der Waals surface area contributed by atoms with Gasteiger partial charge in [0.05, 0.1) is 12.2 Å². The molecule has 2 aromatic rings. The summed E-state index contributed by atoms with van der Waals surface area (Å²) in [5.41, 5.74) is -0.0283. The number of halogens is 3. The molecule has 2 rings (SSSR count). The molecule has 0 fully saturated rings. The maximum Gasteiger partial charge on any atom is 0.435 e.